The fraction of sp³-hybridized carbons (Fsp3) is 0.353. The van der Waals surface area contributed by atoms with Gasteiger partial charge in [0.1, 0.15) is 0 Å². The van der Waals surface area contributed by atoms with Gasteiger partial charge in [-0.2, -0.15) is 4.98 Å². The van der Waals surface area contributed by atoms with Crippen molar-refractivity contribution in [1.82, 2.24) is 15.1 Å². The quantitative estimate of drug-likeness (QED) is 0.657. The normalized spacial score (nSPS) is 14.2. The van der Waals surface area contributed by atoms with E-state index in [-0.39, 0.29) is 11.3 Å². The molecular weight excluding hydrogens is 358 g/mol. The van der Waals surface area contributed by atoms with E-state index in [2.05, 4.69) is 64.0 Å². The maximum Gasteiger partial charge on any atom is 0.295 e. The highest BCUT2D eigenvalue weighted by Crippen LogP contribution is 2.38. The monoisotopic (exact) mass is 375 g/mol. The van der Waals surface area contributed by atoms with E-state index < -0.39 is 0 Å². The minimum atomic E-state index is -0.365. The molecule has 0 fully saturated rings. The highest BCUT2D eigenvalue weighted by molar-refractivity contribution is 9.10. The van der Waals surface area contributed by atoms with Crippen LogP contribution in [0.1, 0.15) is 37.9 Å². The molecule has 23 heavy (non-hydrogen) atoms. The molecule has 6 heteroatoms. The van der Waals surface area contributed by atoms with Crippen LogP contribution < -0.4 is 0 Å². The van der Waals surface area contributed by atoms with Gasteiger partial charge in [0.25, 0.3) is 5.89 Å². The SMILES string of the molecule is Cc1ncoc1-c1nc(C(C)(c2ccc(Br)cc2)C(C)C)no1. The van der Waals surface area contributed by atoms with E-state index >= 15 is 0 Å². The summed E-state index contributed by atoms with van der Waals surface area (Å²) in [5.74, 6) is 1.80. The second-order valence-corrected chi connectivity index (χ2v) is 6.97. The minimum Gasteiger partial charge on any atom is -0.438 e. The highest BCUT2D eigenvalue weighted by atomic mass is 79.9. The lowest BCUT2D eigenvalue weighted by molar-refractivity contribution is 0.348. The zero-order chi connectivity index (χ0) is 16.6. The summed E-state index contributed by atoms with van der Waals surface area (Å²) in [5, 5.41) is 4.22. The molecule has 0 saturated heterocycles. The third kappa shape index (κ3) is 2.72. The van der Waals surface area contributed by atoms with Gasteiger partial charge >= 0.3 is 0 Å². The smallest absolute Gasteiger partial charge is 0.295 e. The molecule has 1 aromatic carbocycles. The molecule has 0 bridgehead atoms. The minimum absolute atomic E-state index is 0.282. The maximum absolute atomic E-state index is 5.43. The topological polar surface area (TPSA) is 65.0 Å². The molecular formula is C17H18BrN3O2. The lowest BCUT2D eigenvalue weighted by Gasteiger charge is -2.31. The average molecular weight is 376 g/mol. The van der Waals surface area contributed by atoms with Crippen molar-refractivity contribution < 1.29 is 8.94 Å². The van der Waals surface area contributed by atoms with Crippen LogP contribution in [0.2, 0.25) is 0 Å². The Morgan fingerprint density at radius 3 is 2.43 bits per heavy atom. The summed E-state index contributed by atoms with van der Waals surface area (Å²) >= 11 is 3.47. The van der Waals surface area contributed by atoms with Crippen LogP contribution in [0.15, 0.2) is 44.1 Å². The highest BCUT2D eigenvalue weighted by Gasteiger charge is 2.37. The average Bonchev–Trinajstić information content (AvgIpc) is 3.15. The van der Waals surface area contributed by atoms with E-state index in [0.29, 0.717) is 17.5 Å². The van der Waals surface area contributed by atoms with Crippen LogP contribution in [0, 0.1) is 12.8 Å². The summed E-state index contributed by atoms with van der Waals surface area (Å²) in [5.41, 5.74) is 1.50. The Bertz CT molecular complexity index is 807. The van der Waals surface area contributed by atoms with E-state index in [9.17, 15) is 0 Å². The van der Waals surface area contributed by atoms with Crippen molar-refractivity contribution in [3.8, 4) is 11.7 Å². The third-order valence-electron chi connectivity index (χ3n) is 4.43. The molecule has 0 spiro atoms. The zero-order valence-corrected chi connectivity index (χ0v) is 15.1. The van der Waals surface area contributed by atoms with Gasteiger partial charge in [-0.15, -0.1) is 0 Å². The molecule has 0 radical (unpaired) electrons. The molecule has 0 aliphatic heterocycles. The molecule has 3 rings (SSSR count). The third-order valence-corrected chi connectivity index (χ3v) is 4.96. The lowest BCUT2D eigenvalue weighted by Crippen LogP contribution is -2.31. The molecule has 2 heterocycles. The van der Waals surface area contributed by atoms with E-state index in [4.69, 9.17) is 8.94 Å². The van der Waals surface area contributed by atoms with Gasteiger partial charge in [-0.1, -0.05) is 47.1 Å². The van der Waals surface area contributed by atoms with E-state index in [0.717, 1.165) is 15.7 Å². The van der Waals surface area contributed by atoms with Crippen molar-refractivity contribution in [2.24, 2.45) is 5.92 Å². The number of hydrogen-bond donors (Lipinski definition) is 0. The molecule has 3 aromatic rings. The Hall–Kier alpha value is -1.95. The zero-order valence-electron chi connectivity index (χ0n) is 13.5. The van der Waals surface area contributed by atoms with Gasteiger partial charge in [0.2, 0.25) is 5.76 Å². The van der Waals surface area contributed by atoms with E-state index in [1.54, 1.807) is 0 Å². The number of halogens is 1. The summed E-state index contributed by atoms with van der Waals surface area (Å²) in [6.07, 6.45) is 1.38. The van der Waals surface area contributed by atoms with Crippen LogP contribution in [0.3, 0.4) is 0 Å². The van der Waals surface area contributed by atoms with Gasteiger partial charge < -0.3 is 8.94 Å². The summed E-state index contributed by atoms with van der Waals surface area (Å²) in [6, 6.07) is 8.22. The first kappa shape index (κ1) is 15.9. The Morgan fingerprint density at radius 1 is 1.17 bits per heavy atom. The van der Waals surface area contributed by atoms with Crippen LogP contribution in [-0.2, 0) is 5.41 Å². The predicted molar refractivity (Wildman–Crippen MR) is 90.0 cm³/mol. The second-order valence-electron chi connectivity index (χ2n) is 6.05. The summed E-state index contributed by atoms with van der Waals surface area (Å²) in [6.45, 7) is 8.28. The van der Waals surface area contributed by atoms with Gasteiger partial charge in [-0.3, -0.25) is 0 Å². The number of benzene rings is 1. The van der Waals surface area contributed by atoms with Crippen LogP contribution in [0.25, 0.3) is 11.7 Å². The van der Waals surface area contributed by atoms with Crippen LogP contribution >= 0.6 is 15.9 Å². The van der Waals surface area contributed by atoms with Crippen molar-refractivity contribution in [1.29, 1.82) is 0 Å². The molecule has 1 unspecified atom stereocenters. The van der Waals surface area contributed by atoms with Crippen molar-refractivity contribution >= 4 is 15.9 Å². The molecule has 0 N–H and O–H groups in total. The van der Waals surface area contributed by atoms with Gasteiger partial charge in [0, 0.05) is 4.47 Å². The van der Waals surface area contributed by atoms with Crippen molar-refractivity contribution in [2.45, 2.75) is 33.1 Å². The van der Waals surface area contributed by atoms with Crippen molar-refractivity contribution in [3.05, 3.63) is 52.2 Å². The summed E-state index contributed by atoms with van der Waals surface area (Å²) in [7, 11) is 0. The van der Waals surface area contributed by atoms with Crippen LogP contribution in [0.4, 0.5) is 0 Å². The predicted octanol–water partition coefficient (Wildman–Crippen LogP) is 4.76. The van der Waals surface area contributed by atoms with Crippen LogP contribution in [0.5, 0.6) is 0 Å². The fourth-order valence-corrected chi connectivity index (χ4v) is 2.81. The molecule has 120 valence electrons. The molecule has 5 nitrogen and oxygen atoms in total. The Balaban J connectivity index is 2.07. The number of aryl methyl sites for hydroxylation is 1. The molecule has 0 aliphatic carbocycles. The second kappa shape index (κ2) is 5.92. The number of oxazole rings is 1. The molecule has 1 atom stereocenters. The maximum atomic E-state index is 5.43. The van der Waals surface area contributed by atoms with Crippen molar-refractivity contribution in [2.75, 3.05) is 0 Å². The fourth-order valence-electron chi connectivity index (χ4n) is 2.55. The standard InChI is InChI=1S/C17H18BrN3O2/c1-10(2)17(4,12-5-7-13(18)8-6-12)16-20-15(23-21-16)14-11(3)19-9-22-14/h5-10H,1-4H3. The summed E-state index contributed by atoms with van der Waals surface area (Å²) < 4.78 is 11.8. The van der Waals surface area contributed by atoms with Gasteiger partial charge in [-0.05, 0) is 37.5 Å². The Labute approximate surface area is 143 Å². The number of hydrogen-bond acceptors (Lipinski definition) is 5. The first-order chi connectivity index (χ1) is 10.9. The van der Waals surface area contributed by atoms with Gasteiger partial charge in [0.05, 0.1) is 11.1 Å². The largest absolute Gasteiger partial charge is 0.438 e. The number of rotatable bonds is 4. The first-order valence-electron chi connectivity index (χ1n) is 7.43. The van der Waals surface area contributed by atoms with Gasteiger partial charge in [-0.25, -0.2) is 4.98 Å². The molecule has 2 aromatic heterocycles. The van der Waals surface area contributed by atoms with Gasteiger partial charge in [0.15, 0.2) is 12.2 Å². The van der Waals surface area contributed by atoms with Crippen molar-refractivity contribution in [3.63, 3.8) is 0 Å². The Morgan fingerprint density at radius 2 is 1.87 bits per heavy atom. The summed E-state index contributed by atoms with van der Waals surface area (Å²) in [4.78, 5) is 8.65. The molecule has 0 amide bonds. The number of aromatic nitrogens is 3. The van der Waals surface area contributed by atoms with Crippen LogP contribution in [-0.4, -0.2) is 15.1 Å². The first-order valence-corrected chi connectivity index (χ1v) is 8.23. The Kier molecular flexibility index (Phi) is 4.10. The van der Waals surface area contributed by atoms with E-state index in [1.807, 2.05) is 19.1 Å². The molecule has 0 aliphatic rings. The van der Waals surface area contributed by atoms with E-state index in [1.165, 1.54) is 6.39 Å². The molecule has 0 saturated carbocycles. The number of nitrogens with zero attached hydrogens (tertiary/aromatic N) is 3. The lowest BCUT2D eigenvalue weighted by atomic mass is 9.73.